The van der Waals surface area contributed by atoms with E-state index in [1.807, 2.05) is 6.92 Å². The van der Waals surface area contributed by atoms with Crippen molar-refractivity contribution in [2.45, 2.75) is 6.92 Å². The highest BCUT2D eigenvalue weighted by Gasteiger charge is 2.11. The number of thioether (sulfide) groups is 1. The van der Waals surface area contributed by atoms with Crippen molar-refractivity contribution in [3.05, 3.63) is 27.7 Å². The minimum Gasteiger partial charge on any atom is -0.396 e. The van der Waals surface area contributed by atoms with Gasteiger partial charge in [0.2, 0.25) is 5.91 Å². The van der Waals surface area contributed by atoms with Gasteiger partial charge in [0, 0.05) is 5.75 Å². The third kappa shape index (κ3) is 4.39. The molecule has 1 aromatic rings. The lowest BCUT2D eigenvalue weighted by Gasteiger charge is -2.10. The zero-order valence-corrected chi connectivity index (χ0v) is 11.6. The molecule has 1 amide bonds. The number of aryl methyl sites for hydroxylation is 1. The molecule has 0 heterocycles. The summed E-state index contributed by atoms with van der Waals surface area (Å²) in [5, 5.41) is 12.1. The molecule has 0 aliphatic rings. The van der Waals surface area contributed by atoms with E-state index >= 15 is 0 Å². The van der Waals surface area contributed by atoms with E-state index in [1.165, 1.54) is 11.8 Å². The summed E-state index contributed by atoms with van der Waals surface area (Å²) in [5.41, 5.74) is 1.30. The fourth-order valence-electron chi connectivity index (χ4n) is 1.18. The molecular formula is C11H13Cl2NO2S. The van der Waals surface area contributed by atoms with E-state index in [0.717, 1.165) is 5.56 Å². The molecule has 17 heavy (non-hydrogen) atoms. The van der Waals surface area contributed by atoms with Crippen molar-refractivity contribution >= 4 is 46.6 Å². The zero-order valence-electron chi connectivity index (χ0n) is 9.30. The molecule has 0 radical (unpaired) electrons. The van der Waals surface area contributed by atoms with Crippen LogP contribution in [0.15, 0.2) is 12.1 Å². The standard InChI is InChI=1S/C11H13Cl2NO2S/c1-7-2-3-8(12)11(10(7)13)14-9(16)6-17-5-4-15/h2-3,15H,4-6H2,1H3,(H,14,16). The number of nitrogens with one attached hydrogen (secondary N) is 1. The Labute approximate surface area is 114 Å². The molecule has 0 atom stereocenters. The van der Waals surface area contributed by atoms with Crippen LogP contribution in [0.2, 0.25) is 10.0 Å². The Balaban J connectivity index is 2.68. The van der Waals surface area contributed by atoms with Crippen LogP contribution < -0.4 is 5.32 Å². The number of rotatable bonds is 5. The molecule has 1 rings (SSSR count). The number of benzene rings is 1. The van der Waals surface area contributed by atoms with Crippen molar-refractivity contribution in [2.75, 3.05) is 23.4 Å². The largest absolute Gasteiger partial charge is 0.396 e. The number of aliphatic hydroxyl groups excluding tert-OH is 1. The second-order valence-corrected chi connectivity index (χ2v) is 5.27. The maximum atomic E-state index is 11.6. The van der Waals surface area contributed by atoms with E-state index in [9.17, 15) is 4.79 Å². The van der Waals surface area contributed by atoms with Crippen molar-refractivity contribution in [3.8, 4) is 0 Å². The van der Waals surface area contributed by atoms with E-state index in [1.54, 1.807) is 12.1 Å². The predicted octanol–water partition coefficient (Wildman–Crippen LogP) is 2.97. The second-order valence-electron chi connectivity index (χ2n) is 3.38. The van der Waals surface area contributed by atoms with Gasteiger partial charge in [0.05, 0.1) is 28.1 Å². The van der Waals surface area contributed by atoms with Gasteiger partial charge in [-0.1, -0.05) is 29.3 Å². The van der Waals surface area contributed by atoms with Gasteiger partial charge in [-0.3, -0.25) is 4.79 Å². The van der Waals surface area contributed by atoms with Gasteiger partial charge in [-0.25, -0.2) is 0 Å². The van der Waals surface area contributed by atoms with Crippen LogP contribution in [0.5, 0.6) is 0 Å². The molecule has 94 valence electrons. The van der Waals surface area contributed by atoms with Crippen LogP contribution in [0.1, 0.15) is 5.56 Å². The fourth-order valence-corrected chi connectivity index (χ4v) is 2.17. The minimum absolute atomic E-state index is 0.0594. The first-order valence-corrected chi connectivity index (χ1v) is 6.90. The molecule has 0 saturated carbocycles. The number of anilines is 1. The Hall–Kier alpha value is -0.420. The van der Waals surface area contributed by atoms with E-state index < -0.39 is 0 Å². The van der Waals surface area contributed by atoms with Gasteiger partial charge in [-0.15, -0.1) is 11.8 Å². The highest BCUT2D eigenvalue weighted by atomic mass is 35.5. The Morgan fingerprint density at radius 3 is 2.82 bits per heavy atom. The number of hydrogen-bond acceptors (Lipinski definition) is 3. The molecule has 0 fully saturated rings. The number of hydrogen-bond donors (Lipinski definition) is 2. The fraction of sp³-hybridized carbons (Fsp3) is 0.364. The summed E-state index contributed by atoms with van der Waals surface area (Å²) in [6, 6.07) is 3.49. The van der Waals surface area contributed by atoms with E-state index in [2.05, 4.69) is 5.32 Å². The molecule has 0 bridgehead atoms. The first kappa shape index (κ1) is 14.6. The number of aliphatic hydroxyl groups is 1. The molecule has 0 unspecified atom stereocenters. The van der Waals surface area contributed by atoms with Crippen LogP contribution in [-0.4, -0.2) is 29.1 Å². The summed E-state index contributed by atoms with van der Waals surface area (Å²) in [5.74, 6) is 0.613. The lowest BCUT2D eigenvalue weighted by molar-refractivity contribution is -0.113. The van der Waals surface area contributed by atoms with Crippen LogP contribution in [0, 0.1) is 6.92 Å². The normalized spacial score (nSPS) is 10.4. The Bertz CT molecular complexity index is 413. The van der Waals surface area contributed by atoms with Gasteiger partial charge < -0.3 is 10.4 Å². The predicted molar refractivity (Wildman–Crippen MR) is 74.2 cm³/mol. The molecule has 0 aromatic heterocycles. The summed E-state index contributed by atoms with van der Waals surface area (Å²) in [6.07, 6.45) is 0. The number of halogens is 2. The monoisotopic (exact) mass is 293 g/mol. The number of amides is 1. The Morgan fingerprint density at radius 2 is 2.18 bits per heavy atom. The summed E-state index contributed by atoms with van der Waals surface area (Å²) in [4.78, 5) is 11.6. The van der Waals surface area contributed by atoms with Crippen molar-refractivity contribution in [1.82, 2.24) is 0 Å². The molecule has 0 saturated heterocycles. The van der Waals surface area contributed by atoms with Crippen LogP contribution in [0.3, 0.4) is 0 Å². The van der Waals surface area contributed by atoms with Crippen LogP contribution in [0.4, 0.5) is 5.69 Å². The average molecular weight is 294 g/mol. The van der Waals surface area contributed by atoms with Crippen LogP contribution in [-0.2, 0) is 4.79 Å². The molecule has 0 aliphatic carbocycles. The van der Waals surface area contributed by atoms with Crippen molar-refractivity contribution < 1.29 is 9.90 Å². The van der Waals surface area contributed by atoms with E-state index in [4.69, 9.17) is 28.3 Å². The SMILES string of the molecule is Cc1ccc(Cl)c(NC(=O)CSCCO)c1Cl. The van der Waals surface area contributed by atoms with Gasteiger partial charge in [0.15, 0.2) is 0 Å². The van der Waals surface area contributed by atoms with Gasteiger partial charge in [0.1, 0.15) is 0 Å². The van der Waals surface area contributed by atoms with Crippen LogP contribution in [0.25, 0.3) is 0 Å². The third-order valence-electron chi connectivity index (χ3n) is 2.02. The average Bonchev–Trinajstić information content (AvgIpc) is 2.30. The maximum absolute atomic E-state index is 11.6. The summed E-state index contributed by atoms with van der Waals surface area (Å²) in [7, 11) is 0. The Morgan fingerprint density at radius 1 is 1.47 bits per heavy atom. The molecule has 2 N–H and O–H groups in total. The van der Waals surface area contributed by atoms with E-state index in [0.29, 0.717) is 21.5 Å². The molecular weight excluding hydrogens is 281 g/mol. The summed E-state index contributed by atoms with van der Waals surface area (Å²) in [6.45, 7) is 1.90. The molecule has 0 spiro atoms. The zero-order chi connectivity index (χ0) is 12.8. The molecule has 0 aliphatic heterocycles. The number of carbonyl (C=O) groups is 1. The van der Waals surface area contributed by atoms with Crippen LogP contribution >= 0.6 is 35.0 Å². The Kier molecular flexibility index (Phi) is 6.12. The molecule has 1 aromatic carbocycles. The third-order valence-corrected chi connectivity index (χ3v) is 3.76. The van der Waals surface area contributed by atoms with Gasteiger partial charge in [-0.05, 0) is 18.6 Å². The maximum Gasteiger partial charge on any atom is 0.234 e. The van der Waals surface area contributed by atoms with Gasteiger partial charge in [0.25, 0.3) is 0 Å². The lowest BCUT2D eigenvalue weighted by Crippen LogP contribution is -2.15. The summed E-state index contributed by atoms with van der Waals surface area (Å²) >= 11 is 13.4. The van der Waals surface area contributed by atoms with Crippen molar-refractivity contribution in [1.29, 1.82) is 0 Å². The molecule has 3 nitrogen and oxygen atoms in total. The minimum atomic E-state index is -0.183. The quantitative estimate of drug-likeness (QED) is 0.821. The summed E-state index contributed by atoms with van der Waals surface area (Å²) < 4.78 is 0. The first-order valence-electron chi connectivity index (χ1n) is 4.99. The molecule has 6 heteroatoms. The second kappa shape index (κ2) is 7.11. The van der Waals surface area contributed by atoms with Gasteiger partial charge in [-0.2, -0.15) is 0 Å². The highest BCUT2D eigenvalue weighted by molar-refractivity contribution is 7.99. The topological polar surface area (TPSA) is 49.3 Å². The number of carbonyl (C=O) groups excluding carboxylic acids is 1. The van der Waals surface area contributed by atoms with Crippen molar-refractivity contribution in [3.63, 3.8) is 0 Å². The highest BCUT2D eigenvalue weighted by Crippen LogP contribution is 2.32. The first-order chi connectivity index (χ1) is 8.06. The van der Waals surface area contributed by atoms with Gasteiger partial charge >= 0.3 is 0 Å². The van der Waals surface area contributed by atoms with E-state index in [-0.39, 0.29) is 18.3 Å². The lowest BCUT2D eigenvalue weighted by atomic mass is 10.2. The van der Waals surface area contributed by atoms with Crippen molar-refractivity contribution in [2.24, 2.45) is 0 Å². The smallest absolute Gasteiger partial charge is 0.234 e.